The summed E-state index contributed by atoms with van der Waals surface area (Å²) in [4.78, 5) is 10.5. The van der Waals surface area contributed by atoms with E-state index in [1.165, 1.54) is 38.8 Å². The molecule has 0 spiro atoms. The van der Waals surface area contributed by atoms with Gasteiger partial charge in [0.05, 0.1) is 11.4 Å². The van der Waals surface area contributed by atoms with Gasteiger partial charge in [0.2, 0.25) is 0 Å². The summed E-state index contributed by atoms with van der Waals surface area (Å²) in [5, 5.41) is 2.33. The van der Waals surface area contributed by atoms with Crippen LogP contribution in [0.25, 0.3) is 78.1 Å². The number of rotatable bonds is 5. The highest BCUT2D eigenvalue weighted by Gasteiger charge is 2.37. The number of ether oxygens (including phenoxy) is 2. The molecule has 11 rings (SSSR count). The molecule has 2 aliphatic rings. The van der Waals surface area contributed by atoms with Crippen molar-refractivity contribution in [1.29, 1.82) is 0 Å². The predicted molar refractivity (Wildman–Crippen MR) is 231 cm³/mol. The van der Waals surface area contributed by atoms with Gasteiger partial charge in [0.1, 0.15) is 0 Å². The Morgan fingerprint density at radius 2 is 0.947 bits per heavy atom. The third-order valence-corrected chi connectivity index (χ3v) is 11.6. The van der Waals surface area contributed by atoms with Crippen LogP contribution in [0, 0.1) is 0 Å². The van der Waals surface area contributed by atoms with E-state index >= 15 is 0 Å². The van der Waals surface area contributed by atoms with Crippen LogP contribution >= 0.6 is 0 Å². The van der Waals surface area contributed by atoms with E-state index in [1.54, 1.807) is 0 Å². The topological polar surface area (TPSA) is 44.2 Å². The van der Waals surface area contributed by atoms with Crippen molar-refractivity contribution in [2.24, 2.45) is 0 Å². The average Bonchev–Trinajstić information content (AvgIpc) is 3.49. The summed E-state index contributed by atoms with van der Waals surface area (Å²) in [6.45, 7) is 4.55. The zero-order valence-corrected chi connectivity index (χ0v) is 31.5. The van der Waals surface area contributed by atoms with E-state index in [4.69, 9.17) is 19.4 Å². The van der Waals surface area contributed by atoms with E-state index in [0.717, 1.165) is 56.1 Å². The first-order valence-corrected chi connectivity index (χ1v) is 19.4. The van der Waals surface area contributed by atoms with Crippen molar-refractivity contribution in [2.75, 3.05) is 0 Å². The van der Waals surface area contributed by atoms with Crippen molar-refractivity contribution in [2.45, 2.75) is 19.3 Å². The summed E-state index contributed by atoms with van der Waals surface area (Å²) < 4.78 is 13.1. The van der Waals surface area contributed by atoms with Crippen molar-refractivity contribution < 1.29 is 9.47 Å². The Labute approximate surface area is 331 Å². The van der Waals surface area contributed by atoms with Crippen LogP contribution in [0.1, 0.15) is 25.0 Å². The molecule has 1 aromatic heterocycles. The molecule has 2 heterocycles. The average molecular weight is 733 g/mol. The molecule has 4 nitrogen and oxygen atoms in total. The SMILES string of the molecule is CC1(C)c2ccccc2-c2cc3c(cc21)Oc1ccc(-c2cccc(-c4nc(-c5ccccc5)cc(-c5ccc(-c6ccccc6)c6ccccc56)n4)c2)cc1O3. The maximum Gasteiger partial charge on any atom is 0.170 e. The minimum absolute atomic E-state index is 0.120. The normalized spacial score (nSPS) is 13.2. The summed E-state index contributed by atoms with van der Waals surface area (Å²) >= 11 is 0. The summed E-state index contributed by atoms with van der Waals surface area (Å²) in [6.07, 6.45) is 0. The summed E-state index contributed by atoms with van der Waals surface area (Å²) in [5.41, 5.74) is 14.1. The first kappa shape index (κ1) is 33.1. The van der Waals surface area contributed by atoms with Gasteiger partial charge in [-0.1, -0.05) is 159 Å². The van der Waals surface area contributed by atoms with Gasteiger partial charge in [-0.05, 0) is 91.7 Å². The van der Waals surface area contributed by atoms with Gasteiger partial charge in [-0.2, -0.15) is 0 Å². The van der Waals surface area contributed by atoms with Gasteiger partial charge >= 0.3 is 0 Å². The first-order valence-electron chi connectivity index (χ1n) is 19.4. The van der Waals surface area contributed by atoms with Gasteiger partial charge in [-0.15, -0.1) is 0 Å². The van der Waals surface area contributed by atoms with Gasteiger partial charge in [-0.3, -0.25) is 0 Å². The lowest BCUT2D eigenvalue weighted by molar-refractivity contribution is 0.359. The molecule has 1 aliphatic carbocycles. The molecular weight excluding hydrogens is 697 g/mol. The van der Waals surface area contributed by atoms with Crippen molar-refractivity contribution >= 4 is 10.8 Å². The lowest BCUT2D eigenvalue weighted by Crippen LogP contribution is -2.15. The van der Waals surface area contributed by atoms with E-state index in [2.05, 4.69) is 184 Å². The second-order valence-electron chi connectivity index (χ2n) is 15.4. The maximum absolute atomic E-state index is 6.61. The summed E-state index contributed by atoms with van der Waals surface area (Å²) in [5.74, 6) is 3.51. The molecule has 8 aromatic carbocycles. The molecule has 0 saturated carbocycles. The second kappa shape index (κ2) is 12.9. The Balaban J connectivity index is 0.982. The molecule has 0 radical (unpaired) electrons. The van der Waals surface area contributed by atoms with Gasteiger partial charge in [0, 0.05) is 22.1 Å². The number of benzene rings is 8. The Morgan fingerprint density at radius 1 is 0.351 bits per heavy atom. The van der Waals surface area contributed by atoms with Crippen LogP contribution < -0.4 is 9.47 Å². The molecule has 0 N–H and O–H groups in total. The Hall–Kier alpha value is -7.30. The van der Waals surface area contributed by atoms with Crippen molar-refractivity contribution in [1.82, 2.24) is 9.97 Å². The number of fused-ring (bicyclic) bond motifs is 6. The first-order chi connectivity index (χ1) is 28.0. The largest absolute Gasteiger partial charge is 0.450 e. The number of hydrogen-bond donors (Lipinski definition) is 0. The van der Waals surface area contributed by atoms with Crippen LogP contribution in [0.4, 0.5) is 0 Å². The molecule has 270 valence electrons. The predicted octanol–water partition coefficient (Wildman–Crippen LogP) is 14.2. The zero-order valence-electron chi connectivity index (χ0n) is 31.5. The Bertz CT molecular complexity index is 3040. The lowest BCUT2D eigenvalue weighted by atomic mass is 9.82. The molecule has 0 saturated heterocycles. The minimum atomic E-state index is -0.120. The zero-order chi connectivity index (χ0) is 38.1. The van der Waals surface area contributed by atoms with Gasteiger partial charge in [0.15, 0.2) is 28.8 Å². The number of aromatic nitrogens is 2. The molecule has 57 heavy (non-hydrogen) atoms. The summed E-state index contributed by atoms with van der Waals surface area (Å²) in [6, 6.07) is 63.5. The van der Waals surface area contributed by atoms with Crippen molar-refractivity contribution in [3.63, 3.8) is 0 Å². The van der Waals surface area contributed by atoms with E-state index in [9.17, 15) is 0 Å². The van der Waals surface area contributed by atoms with Crippen molar-refractivity contribution in [3.8, 4) is 90.3 Å². The molecule has 1 aliphatic heterocycles. The monoisotopic (exact) mass is 732 g/mol. The highest BCUT2D eigenvalue weighted by molar-refractivity contribution is 6.04. The fourth-order valence-corrected chi connectivity index (χ4v) is 8.66. The molecule has 9 aromatic rings. The maximum atomic E-state index is 6.61. The molecule has 0 bridgehead atoms. The van der Waals surface area contributed by atoms with E-state index in [-0.39, 0.29) is 5.41 Å². The number of hydrogen-bond acceptors (Lipinski definition) is 4. The van der Waals surface area contributed by atoms with Crippen LogP contribution in [0.5, 0.6) is 23.0 Å². The number of nitrogens with zero attached hydrogens (tertiary/aromatic N) is 2. The smallest absolute Gasteiger partial charge is 0.170 e. The van der Waals surface area contributed by atoms with Gasteiger partial charge < -0.3 is 9.47 Å². The highest BCUT2D eigenvalue weighted by Crippen LogP contribution is 2.55. The van der Waals surface area contributed by atoms with E-state index < -0.39 is 0 Å². The molecule has 0 amide bonds. The fourth-order valence-electron chi connectivity index (χ4n) is 8.66. The van der Waals surface area contributed by atoms with Crippen LogP contribution in [-0.4, -0.2) is 9.97 Å². The van der Waals surface area contributed by atoms with Gasteiger partial charge in [-0.25, -0.2) is 9.97 Å². The van der Waals surface area contributed by atoms with E-state index in [1.807, 2.05) is 12.1 Å². The molecule has 4 heteroatoms. The quantitative estimate of drug-likeness (QED) is 0.177. The van der Waals surface area contributed by atoms with Crippen LogP contribution in [-0.2, 0) is 5.41 Å². The third-order valence-electron chi connectivity index (χ3n) is 11.6. The van der Waals surface area contributed by atoms with E-state index in [0.29, 0.717) is 17.3 Å². The fraction of sp³-hybridized carbons (Fsp3) is 0.0566. The van der Waals surface area contributed by atoms with Crippen LogP contribution in [0.3, 0.4) is 0 Å². The lowest BCUT2D eigenvalue weighted by Gasteiger charge is -2.25. The van der Waals surface area contributed by atoms with Crippen LogP contribution in [0.2, 0.25) is 0 Å². The molecule has 0 unspecified atom stereocenters. The van der Waals surface area contributed by atoms with Crippen molar-refractivity contribution in [3.05, 3.63) is 193 Å². The highest BCUT2D eigenvalue weighted by atomic mass is 16.6. The second-order valence-corrected chi connectivity index (χ2v) is 15.4. The van der Waals surface area contributed by atoms with Crippen LogP contribution in [0.15, 0.2) is 182 Å². The minimum Gasteiger partial charge on any atom is -0.450 e. The summed E-state index contributed by atoms with van der Waals surface area (Å²) in [7, 11) is 0. The molecule has 0 atom stereocenters. The third kappa shape index (κ3) is 5.52. The Kier molecular flexibility index (Phi) is 7.48. The Morgan fingerprint density at radius 3 is 1.77 bits per heavy atom. The van der Waals surface area contributed by atoms with Gasteiger partial charge in [0.25, 0.3) is 0 Å². The molecular formula is C53H36N2O2. The molecule has 0 fully saturated rings. The standard InChI is InChI=1S/C53H36N2O2/c1-53(2)44-23-12-11-22-41(44)43-30-50-51(31-45(43)53)56-48-27-24-36(29-49(48)57-50)35-18-13-19-37(28-35)52-54-46(34-16-7-4-8-17-34)32-47(55-52)42-26-25-38(33-14-5-3-6-15-33)39-20-9-10-21-40(39)42/h3-32H,1-2H3.